The average molecular weight is 452 g/mol. The van der Waals surface area contributed by atoms with Crippen LogP contribution in [0.1, 0.15) is 41.8 Å². The van der Waals surface area contributed by atoms with E-state index in [1.54, 1.807) is 17.1 Å². The number of aromatic nitrogens is 7. The fourth-order valence-electron chi connectivity index (χ4n) is 4.86. The van der Waals surface area contributed by atoms with Gasteiger partial charge in [0, 0.05) is 29.9 Å². The first-order valence-electron chi connectivity index (χ1n) is 11.7. The van der Waals surface area contributed by atoms with E-state index in [-0.39, 0.29) is 6.10 Å². The molecule has 0 bridgehead atoms. The standard InChI is InChI=1S/C26H25N7O/c34-24-5-1-3-20(24)14-21-12-17(8-10-27-21)13-22-15-29-25-26(30-22)33(32-31-25)16-18-6-7-23-19(11-18)4-2-9-28-23/h2,4,6-12,15,20,24,34H,1,3,5,13-14,16H2/t20-,24+/m0/s1. The Morgan fingerprint density at radius 2 is 1.91 bits per heavy atom. The molecule has 34 heavy (non-hydrogen) atoms. The molecule has 0 aliphatic heterocycles. The van der Waals surface area contributed by atoms with E-state index in [9.17, 15) is 5.11 Å². The van der Waals surface area contributed by atoms with Gasteiger partial charge in [0.1, 0.15) is 0 Å². The van der Waals surface area contributed by atoms with E-state index in [1.165, 1.54) is 0 Å². The number of hydrogen-bond donors (Lipinski definition) is 1. The maximum atomic E-state index is 10.2. The lowest BCUT2D eigenvalue weighted by Gasteiger charge is -2.14. The van der Waals surface area contributed by atoms with E-state index in [1.807, 2.05) is 24.4 Å². The molecule has 1 aliphatic rings. The first-order valence-corrected chi connectivity index (χ1v) is 11.7. The van der Waals surface area contributed by atoms with Crippen LogP contribution in [-0.4, -0.2) is 46.1 Å². The zero-order valence-electron chi connectivity index (χ0n) is 18.7. The fraction of sp³-hybridized carbons (Fsp3) is 0.308. The number of aliphatic hydroxyl groups is 1. The van der Waals surface area contributed by atoms with Gasteiger partial charge in [-0.2, -0.15) is 0 Å². The molecule has 8 nitrogen and oxygen atoms in total. The molecule has 0 amide bonds. The lowest BCUT2D eigenvalue weighted by molar-refractivity contribution is 0.132. The first kappa shape index (κ1) is 20.8. The van der Waals surface area contributed by atoms with Crippen LogP contribution in [0.2, 0.25) is 0 Å². The third-order valence-electron chi connectivity index (χ3n) is 6.63. The average Bonchev–Trinajstić information content (AvgIpc) is 3.45. The maximum Gasteiger partial charge on any atom is 0.221 e. The summed E-state index contributed by atoms with van der Waals surface area (Å²) in [6, 6.07) is 14.3. The van der Waals surface area contributed by atoms with Crippen molar-refractivity contribution < 1.29 is 5.11 Å². The lowest BCUT2D eigenvalue weighted by Crippen LogP contribution is -2.16. The summed E-state index contributed by atoms with van der Waals surface area (Å²) in [4.78, 5) is 18.2. The van der Waals surface area contributed by atoms with Crippen molar-refractivity contribution in [3.63, 3.8) is 0 Å². The Kier molecular flexibility index (Phi) is 5.43. The second kappa shape index (κ2) is 8.87. The van der Waals surface area contributed by atoms with Gasteiger partial charge in [0.15, 0.2) is 5.65 Å². The van der Waals surface area contributed by atoms with E-state index in [0.29, 0.717) is 30.2 Å². The van der Waals surface area contributed by atoms with Crippen molar-refractivity contribution in [2.24, 2.45) is 5.92 Å². The number of aliphatic hydroxyl groups excluding tert-OH is 1. The summed E-state index contributed by atoms with van der Waals surface area (Å²) in [6.45, 7) is 0.558. The van der Waals surface area contributed by atoms with Crippen LogP contribution in [0.25, 0.3) is 22.2 Å². The molecule has 1 fully saturated rings. The second-order valence-corrected chi connectivity index (χ2v) is 9.08. The van der Waals surface area contributed by atoms with Crippen molar-refractivity contribution in [2.45, 2.75) is 44.8 Å². The van der Waals surface area contributed by atoms with Gasteiger partial charge in [-0.15, -0.1) is 5.10 Å². The van der Waals surface area contributed by atoms with Crippen LogP contribution in [-0.2, 0) is 19.4 Å². The Labute approximate surface area is 196 Å². The largest absolute Gasteiger partial charge is 0.393 e. The minimum absolute atomic E-state index is 0.203. The summed E-state index contributed by atoms with van der Waals surface area (Å²) >= 11 is 0. The monoisotopic (exact) mass is 451 g/mol. The van der Waals surface area contributed by atoms with Gasteiger partial charge in [0.25, 0.3) is 0 Å². The van der Waals surface area contributed by atoms with E-state index >= 15 is 0 Å². The van der Waals surface area contributed by atoms with Crippen molar-refractivity contribution >= 4 is 22.2 Å². The van der Waals surface area contributed by atoms with Gasteiger partial charge in [-0.25, -0.2) is 14.6 Å². The van der Waals surface area contributed by atoms with Crippen LogP contribution in [0.15, 0.2) is 61.1 Å². The Hall–Kier alpha value is -3.78. The molecule has 1 N–H and O–H groups in total. The van der Waals surface area contributed by atoms with Crippen molar-refractivity contribution in [1.29, 1.82) is 0 Å². The van der Waals surface area contributed by atoms with Crippen LogP contribution >= 0.6 is 0 Å². The van der Waals surface area contributed by atoms with Crippen molar-refractivity contribution in [3.05, 3.63) is 83.6 Å². The quantitative estimate of drug-likeness (QED) is 0.421. The first-order chi connectivity index (χ1) is 16.7. The third-order valence-corrected chi connectivity index (χ3v) is 6.63. The SMILES string of the molecule is O[C@@H]1CCC[C@H]1Cc1cc(Cc2cnc3nnn(Cc4ccc5ncccc5c4)c3n2)ccn1. The highest BCUT2D eigenvalue weighted by molar-refractivity contribution is 5.79. The molecule has 0 spiro atoms. The molecule has 170 valence electrons. The van der Waals surface area contributed by atoms with Gasteiger partial charge in [-0.1, -0.05) is 23.8 Å². The van der Waals surface area contributed by atoms with Crippen LogP contribution in [0.4, 0.5) is 0 Å². The molecule has 1 aromatic carbocycles. The van der Waals surface area contributed by atoms with E-state index in [4.69, 9.17) is 4.98 Å². The number of hydrogen-bond acceptors (Lipinski definition) is 7. The third kappa shape index (κ3) is 4.24. The zero-order chi connectivity index (χ0) is 22.9. The van der Waals surface area contributed by atoms with E-state index in [0.717, 1.165) is 59.1 Å². The molecule has 2 atom stereocenters. The molecule has 4 aromatic heterocycles. The highest BCUT2D eigenvalue weighted by Crippen LogP contribution is 2.28. The Balaban J connectivity index is 1.23. The summed E-state index contributed by atoms with van der Waals surface area (Å²) in [7, 11) is 0. The van der Waals surface area contributed by atoms with Crippen LogP contribution in [0, 0.1) is 5.92 Å². The van der Waals surface area contributed by atoms with E-state index < -0.39 is 0 Å². The van der Waals surface area contributed by atoms with Gasteiger partial charge in [0.2, 0.25) is 5.65 Å². The van der Waals surface area contributed by atoms with E-state index in [2.05, 4.69) is 49.5 Å². The second-order valence-electron chi connectivity index (χ2n) is 9.08. The predicted octanol–water partition coefficient (Wildman–Crippen LogP) is 3.51. The van der Waals surface area contributed by atoms with Gasteiger partial charge in [-0.3, -0.25) is 9.97 Å². The molecule has 0 saturated heterocycles. The highest BCUT2D eigenvalue weighted by Gasteiger charge is 2.25. The summed E-state index contributed by atoms with van der Waals surface area (Å²) < 4.78 is 1.79. The predicted molar refractivity (Wildman–Crippen MR) is 128 cm³/mol. The van der Waals surface area contributed by atoms with Gasteiger partial charge >= 0.3 is 0 Å². The fourth-order valence-corrected chi connectivity index (χ4v) is 4.86. The normalized spacial score (nSPS) is 18.1. The summed E-state index contributed by atoms with van der Waals surface area (Å²) in [5.74, 6) is 0.310. The number of nitrogens with zero attached hydrogens (tertiary/aromatic N) is 7. The highest BCUT2D eigenvalue weighted by atomic mass is 16.3. The Morgan fingerprint density at radius 1 is 0.941 bits per heavy atom. The Morgan fingerprint density at radius 3 is 2.82 bits per heavy atom. The minimum Gasteiger partial charge on any atom is -0.393 e. The molecule has 6 rings (SSSR count). The molecule has 1 aliphatic carbocycles. The van der Waals surface area contributed by atoms with Gasteiger partial charge < -0.3 is 5.11 Å². The number of fused-ring (bicyclic) bond motifs is 2. The molecule has 0 unspecified atom stereocenters. The minimum atomic E-state index is -0.203. The Bertz CT molecular complexity index is 1460. The number of pyridine rings is 2. The molecular weight excluding hydrogens is 426 g/mol. The van der Waals surface area contributed by atoms with Crippen LogP contribution in [0.3, 0.4) is 0 Å². The summed E-state index contributed by atoms with van der Waals surface area (Å²) in [6.07, 6.45) is 9.74. The van der Waals surface area contributed by atoms with Gasteiger partial charge in [0.05, 0.1) is 30.1 Å². The van der Waals surface area contributed by atoms with Gasteiger partial charge in [-0.05, 0) is 66.6 Å². The lowest BCUT2D eigenvalue weighted by atomic mass is 9.98. The summed E-state index contributed by atoms with van der Waals surface area (Å²) in [5, 5.41) is 19.7. The topological polar surface area (TPSA) is 102 Å². The molecule has 5 aromatic rings. The summed E-state index contributed by atoms with van der Waals surface area (Å²) in [5.41, 5.74) is 6.30. The van der Waals surface area contributed by atoms with Crippen molar-refractivity contribution in [2.75, 3.05) is 0 Å². The number of rotatable bonds is 6. The van der Waals surface area contributed by atoms with Crippen LogP contribution < -0.4 is 0 Å². The molecule has 0 radical (unpaired) electrons. The number of benzene rings is 1. The molecule has 1 saturated carbocycles. The van der Waals surface area contributed by atoms with Crippen molar-refractivity contribution in [3.8, 4) is 0 Å². The molecular formula is C26H25N7O. The smallest absolute Gasteiger partial charge is 0.221 e. The molecule has 8 heteroatoms. The zero-order valence-corrected chi connectivity index (χ0v) is 18.7. The molecule has 4 heterocycles. The van der Waals surface area contributed by atoms with Crippen LogP contribution in [0.5, 0.6) is 0 Å². The maximum absolute atomic E-state index is 10.2. The van der Waals surface area contributed by atoms with Crippen molar-refractivity contribution in [1.82, 2.24) is 34.9 Å².